The molecule has 0 radical (unpaired) electrons. The highest BCUT2D eigenvalue weighted by Gasteiger charge is 2.66. The van der Waals surface area contributed by atoms with Crippen molar-refractivity contribution in [1.82, 2.24) is 0 Å². The molecule has 2 bridgehead atoms. The van der Waals surface area contributed by atoms with Crippen LogP contribution in [0.5, 0.6) is 0 Å². The number of allylic oxidation sites excluding steroid dienone is 1. The fraction of sp³-hybridized carbons (Fsp3) is 0.818. The Labute approximate surface area is 166 Å². The van der Waals surface area contributed by atoms with Crippen molar-refractivity contribution < 1.29 is 29.3 Å². The monoisotopic (exact) mass is 392 g/mol. The Balaban J connectivity index is 1.93. The van der Waals surface area contributed by atoms with E-state index in [0.717, 1.165) is 5.57 Å². The third kappa shape index (κ3) is 2.44. The molecule has 2 saturated carbocycles. The second kappa shape index (κ2) is 6.13. The van der Waals surface area contributed by atoms with Gasteiger partial charge in [0, 0.05) is 24.7 Å². The van der Waals surface area contributed by atoms with Gasteiger partial charge in [0.15, 0.2) is 11.9 Å². The van der Waals surface area contributed by atoms with Gasteiger partial charge in [-0.25, -0.2) is 0 Å². The van der Waals surface area contributed by atoms with E-state index in [1.165, 1.54) is 6.92 Å². The molecule has 0 aromatic rings. The molecule has 1 heterocycles. The number of hydrogen-bond acceptors (Lipinski definition) is 6. The second-order valence-corrected chi connectivity index (χ2v) is 10.1. The summed E-state index contributed by atoms with van der Waals surface area (Å²) in [6.07, 6.45) is 0.0623. The largest absolute Gasteiger partial charge is 0.450 e. The number of ketones is 1. The lowest BCUT2D eigenvalue weighted by Crippen LogP contribution is -2.68. The highest BCUT2D eigenvalue weighted by molar-refractivity contribution is 5.94. The van der Waals surface area contributed by atoms with E-state index in [0.29, 0.717) is 37.9 Å². The fourth-order valence-corrected chi connectivity index (χ4v) is 6.42. The molecule has 1 saturated heterocycles. The van der Waals surface area contributed by atoms with Gasteiger partial charge in [-0.3, -0.25) is 9.59 Å². The molecule has 6 heteroatoms. The summed E-state index contributed by atoms with van der Waals surface area (Å²) in [5, 5.41) is 22.9. The van der Waals surface area contributed by atoms with Crippen molar-refractivity contribution in [2.75, 3.05) is 6.61 Å². The normalized spacial score (nSPS) is 47.2. The Morgan fingerprint density at radius 3 is 2.54 bits per heavy atom. The summed E-state index contributed by atoms with van der Waals surface area (Å²) in [4.78, 5) is 25.9. The predicted molar refractivity (Wildman–Crippen MR) is 101 cm³/mol. The number of esters is 1. The summed E-state index contributed by atoms with van der Waals surface area (Å²) in [7, 11) is 0. The molecule has 3 unspecified atom stereocenters. The van der Waals surface area contributed by atoms with E-state index in [1.54, 1.807) is 6.92 Å². The number of carbonyl (C=O) groups is 2. The van der Waals surface area contributed by atoms with Crippen LogP contribution in [0.4, 0.5) is 0 Å². The minimum atomic E-state index is -1.08. The van der Waals surface area contributed by atoms with Crippen molar-refractivity contribution in [3.63, 3.8) is 0 Å². The lowest BCUT2D eigenvalue weighted by molar-refractivity contribution is -0.242. The Morgan fingerprint density at radius 2 is 1.96 bits per heavy atom. The Hall–Kier alpha value is -1.24. The molecule has 7 atom stereocenters. The molecule has 1 aliphatic heterocycles. The van der Waals surface area contributed by atoms with Crippen molar-refractivity contribution in [3.05, 3.63) is 11.1 Å². The Morgan fingerprint density at radius 1 is 1.29 bits per heavy atom. The summed E-state index contributed by atoms with van der Waals surface area (Å²) in [6, 6.07) is 0. The number of carbonyl (C=O) groups excluding carboxylic acids is 2. The maximum atomic E-state index is 13.9. The topological polar surface area (TPSA) is 93.1 Å². The van der Waals surface area contributed by atoms with Crippen molar-refractivity contribution in [3.8, 4) is 0 Å². The molecule has 4 aliphatic rings. The van der Waals surface area contributed by atoms with E-state index in [1.807, 2.05) is 20.8 Å². The van der Waals surface area contributed by atoms with E-state index in [9.17, 15) is 19.8 Å². The first kappa shape index (κ1) is 20.0. The summed E-state index contributed by atoms with van der Waals surface area (Å²) < 4.78 is 11.3. The molecule has 3 fully saturated rings. The van der Waals surface area contributed by atoms with Crippen LogP contribution in [0.1, 0.15) is 60.3 Å². The predicted octanol–water partition coefficient (Wildman–Crippen LogP) is 2.16. The maximum absolute atomic E-state index is 13.9. The van der Waals surface area contributed by atoms with Gasteiger partial charge in [0.1, 0.15) is 0 Å². The van der Waals surface area contributed by atoms with Gasteiger partial charge < -0.3 is 19.7 Å². The van der Waals surface area contributed by atoms with Crippen LogP contribution in [-0.4, -0.2) is 52.5 Å². The highest BCUT2D eigenvalue weighted by atomic mass is 16.5. The molecule has 0 amide bonds. The molecule has 4 rings (SSSR count). The first-order valence-electron chi connectivity index (χ1n) is 10.4. The van der Waals surface area contributed by atoms with Gasteiger partial charge in [0.05, 0.1) is 29.8 Å². The van der Waals surface area contributed by atoms with Crippen LogP contribution in [0.15, 0.2) is 11.1 Å². The van der Waals surface area contributed by atoms with Crippen molar-refractivity contribution in [2.24, 2.45) is 22.7 Å². The van der Waals surface area contributed by atoms with Gasteiger partial charge in [-0.1, -0.05) is 19.4 Å². The molecular formula is C22H32O6. The van der Waals surface area contributed by atoms with Gasteiger partial charge >= 0.3 is 5.97 Å². The summed E-state index contributed by atoms with van der Waals surface area (Å²) in [6.45, 7) is 9.49. The van der Waals surface area contributed by atoms with E-state index in [-0.39, 0.29) is 23.7 Å². The summed E-state index contributed by atoms with van der Waals surface area (Å²) >= 11 is 0. The number of hydrogen-bond donors (Lipinski definition) is 2. The number of aliphatic hydroxyl groups is 2. The Kier molecular flexibility index (Phi) is 4.39. The van der Waals surface area contributed by atoms with Crippen molar-refractivity contribution in [1.29, 1.82) is 0 Å². The summed E-state index contributed by atoms with van der Waals surface area (Å²) in [5.74, 6) is -0.857. The first-order chi connectivity index (χ1) is 12.9. The molecule has 3 aliphatic carbocycles. The average Bonchev–Trinajstić information content (AvgIpc) is 2.57. The van der Waals surface area contributed by atoms with E-state index < -0.39 is 34.6 Å². The number of aliphatic hydroxyl groups excluding tert-OH is 1. The fourth-order valence-electron chi connectivity index (χ4n) is 6.42. The first-order valence-corrected chi connectivity index (χ1v) is 10.4. The minimum Gasteiger partial charge on any atom is -0.450 e. The van der Waals surface area contributed by atoms with E-state index in [4.69, 9.17) is 9.47 Å². The lowest BCUT2D eigenvalue weighted by Gasteiger charge is -2.62. The van der Waals surface area contributed by atoms with Gasteiger partial charge in [-0.05, 0) is 44.6 Å². The van der Waals surface area contributed by atoms with Crippen LogP contribution in [0.3, 0.4) is 0 Å². The molecule has 0 aromatic heterocycles. The van der Waals surface area contributed by atoms with Crippen LogP contribution < -0.4 is 0 Å². The average molecular weight is 392 g/mol. The van der Waals surface area contributed by atoms with E-state index >= 15 is 0 Å². The molecule has 28 heavy (non-hydrogen) atoms. The lowest BCUT2D eigenvalue weighted by atomic mass is 9.47. The Bertz CT molecular complexity index is 754. The molecule has 0 spiro atoms. The number of fused-ring (bicyclic) bond motifs is 5. The maximum Gasteiger partial charge on any atom is 0.303 e. The van der Waals surface area contributed by atoms with Gasteiger partial charge in [0.25, 0.3) is 0 Å². The molecule has 0 aromatic carbocycles. The molecule has 2 N–H and O–H groups in total. The van der Waals surface area contributed by atoms with Crippen molar-refractivity contribution >= 4 is 11.8 Å². The van der Waals surface area contributed by atoms with Crippen LogP contribution in [0.25, 0.3) is 0 Å². The SMILES string of the molecule is CC(=O)OC1C(=O)C2(C)C(C[C@]3(O)CCC(C)=C1C3(C)C)[C@@H]1CO[C@@H]1C[C@@H]2O. The number of ether oxygens (including phenoxy) is 2. The number of rotatable bonds is 1. The zero-order chi connectivity index (χ0) is 20.6. The smallest absolute Gasteiger partial charge is 0.303 e. The zero-order valence-corrected chi connectivity index (χ0v) is 17.4. The standard InChI is InChI=1S/C22H32O6/c1-11-6-7-22(26)9-14-13-10-27-15(13)8-16(24)21(14,5)19(25)18(28-12(2)23)17(11)20(22,3)4/h13-16,18,24,26H,6-10H2,1-5H3/t13-,14?,15+,16-,18?,21?,22+/m0/s1. The summed E-state index contributed by atoms with van der Waals surface area (Å²) in [5.41, 5.74) is -1.14. The number of Topliss-reactive ketones (excluding diaryl/α,β-unsaturated/α-hetero) is 1. The molecule has 6 nitrogen and oxygen atoms in total. The highest BCUT2D eigenvalue weighted by Crippen LogP contribution is 2.61. The van der Waals surface area contributed by atoms with Crippen LogP contribution in [0.2, 0.25) is 0 Å². The van der Waals surface area contributed by atoms with Crippen LogP contribution in [0, 0.1) is 22.7 Å². The third-order valence-corrected chi connectivity index (χ3v) is 8.50. The third-order valence-electron chi connectivity index (χ3n) is 8.50. The second-order valence-electron chi connectivity index (χ2n) is 10.1. The van der Waals surface area contributed by atoms with Gasteiger partial charge in [-0.15, -0.1) is 0 Å². The zero-order valence-electron chi connectivity index (χ0n) is 17.4. The van der Waals surface area contributed by atoms with Crippen molar-refractivity contribution in [2.45, 2.75) is 84.2 Å². The van der Waals surface area contributed by atoms with Crippen LogP contribution >= 0.6 is 0 Å². The van der Waals surface area contributed by atoms with E-state index in [2.05, 4.69) is 0 Å². The minimum absolute atomic E-state index is 0.0699. The van der Waals surface area contributed by atoms with Crippen LogP contribution in [-0.2, 0) is 19.1 Å². The molecular weight excluding hydrogens is 360 g/mol. The quantitative estimate of drug-likeness (QED) is 0.525. The van der Waals surface area contributed by atoms with Gasteiger partial charge in [-0.2, -0.15) is 0 Å². The van der Waals surface area contributed by atoms with Gasteiger partial charge in [0.2, 0.25) is 0 Å². The molecule has 156 valence electrons.